The molecule has 0 bridgehead atoms. The molecule has 1 aromatic carbocycles. The summed E-state index contributed by atoms with van der Waals surface area (Å²) in [5, 5.41) is 18.1. The Morgan fingerprint density at radius 1 is 1.12 bits per heavy atom. The van der Waals surface area contributed by atoms with Crippen LogP contribution in [0.2, 0.25) is 0 Å². The zero-order chi connectivity index (χ0) is 17.8. The molecule has 1 aliphatic carbocycles. The molecule has 0 atom stereocenters. The SMILES string of the molecule is O=C(NO)c1ccc(N2CCN(C3CCCCC3)CC2)c([N+](=O)O)c1. The van der Waals surface area contributed by atoms with Crippen LogP contribution in [-0.4, -0.2) is 58.4 Å². The minimum atomic E-state index is -0.725. The number of anilines is 1. The molecule has 1 aliphatic heterocycles. The third-order valence-corrected chi connectivity index (χ3v) is 5.29. The molecule has 1 heterocycles. The smallest absolute Gasteiger partial charge is 0.340 e. The number of hydroxylamine groups is 1. The van der Waals surface area contributed by atoms with Gasteiger partial charge in [-0.15, -0.1) is 0 Å². The van der Waals surface area contributed by atoms with Crippen molar-refractivity contribution < 1.29 is 20.1 Å². The van der Waals surface area contributed by atoms with Gasteiger partial charge in [0, 0.05) is 43.9 Å². The standard InChI is InChI=1S/C17H24N4O4/c22-17(18-23)13-6-7-15(16(12-13)21(24)25)20-10-8-19(9-11-20)14-4-2-1-3-5-14/h6-7,12,14H,1-5,8-11H2,(H2-,18,22,23,24,25)/p+1. The fourth-order valence-corrected chi connectivity index (χ4v) is 3.92. The number of benzene rings is 1. The van der Waals surface area contributed by atoms with Crippen LogP contribution in [0.15, 0.2) is 18.2 Å². The molecular formula is C17H25N4O4+. The van der Waals surface area contributed by atoms with Crippen LogP contribution >= 0.6 is 0 Å². The highest BCUT2D eigenvalue weighted by Gasteiger charge is 2.30. The number of hydrogen-bond acceptors (Lipinski definition) is 5. The second kappa shape index (κ2) is 7.79. The van der Waals surface area contributed by atoms with Crippen LogP contribution < -0.4 is 10.4 Å². The molecule has 25 heavy (non-hydrogen) atoms. The number of nitrogens with one attached hydrogen (secondary N) is 1. The largest absolute Gasteiger partial charge is 0.363 e. The average molecular weight is 349 g/mol. The van der Waals surface area contributed by atoms with E-state index >= 15 is 0 Å². The minimum Gasteiger partial charge on any atom is -0.363 e. The summed E-state index contributed by atoms with van der Waals surface area (Å²) in [5.41, 5.74) is 2.24. The molecular weight excluding hydrogens is 324 g/mol. The lowest BCUT2D eigenvalue weighted by Crippen LogP contribution is -2.51. The first-order valence-electron chi connectivity index (χ1n) is 8.84. The van der Waals surface area contributed by atoms with E-state index < -0.39 is 5.91 Å². The predicted octanol–water partition coefficient (Wildman–Crippen LogP) is 2.06. The normalized spacial score (nSPS) is 19.6. The summed E-state index contributed by atoms with van der Waals surface area (Å²) in [6.07, 6.45) is 6.48. The molecule has 136 valence electrons. The van der Waals surface area contributed by atoms with Crippen molar-refractivity contribution in [3.63, 3.8) is 0 Å². The lowest BCUT2D eigenvalue weighted by atomic mass is 9.94. The maximum Gasteiger partial charge on any atom is 0.340 e. The van der Waals surface area contributed by atoms with Crippen LogP contribution in [0.25, 0.3) is 0 Å². The van der Waals surface area contributed by atoms with Crippen molar-refractivity contribution in [2.24, 2.45) is 0 Å². The zero-order valence-electron chi connectivity index (χ0n) is 14.2. The van der Waals surface area contributed by atoms with Crippen molar-refractivity contribution in [3.8, 4) is 0 Å². The van der Waals surface area contributed by atoms with Crippen molar-refractivity contribution in [1.82, 2.24) is 10.4 Å². The van der Waals surface area contributed by atoms with Gasteiger partial charge in [0.15, 0.2) is 0 Å². The lowest BCUT2D eigenvalue weighted by Gasteiger charge is -2.41. The summed E-state index contributed by atoms with van der Waals surface area (Å²) in [6, 6.07) is 5.11. The lowest BCUT2D eigenvalue weighted by molar-refractivity contribution is -0.729. The van der Waals surface area contributed by atoms with E-state index in [-0.39, 0.29) is 16.2 Å². The number of carbonyl (C=O) groups is 1. The summed E-state index contributed by atoms with van der Waals surface area (Å²) in [4.78, 5) is 27.4. The number of carbonyl (C=O) groups excluding carboxylic acids is 1. The molecule has 3 N–H and O–H groups in total. The topological polar surface area (TPSA) is 96.1 Å². The van der Waals surface area contributed by atoms with Crippen LogP contribution in [0.4, 0.5) is 11.4 Å². The quantitative estimate of drug-likeness (QED) is 0.569. The second-order valence-electron chi connectivity index (χ2n) is 6.73. The third-order valence-electron chi connectivity index (χ3n) is 5.29. The van der Waals surface area contributed by atoms with Gasteiger partial charge >= 0.3 is 5.69 Å². The molecule has 1 aromatic rings. The molecule has 1 saturated carbocycles. The predicted molar refractivity (Wildman–Crippen MR) is 91.4 cm³/mol. The number of piperazine rings is 1. The van der Waals surface area contributed by atoms with Gasteiger partial charge in [0.25, 0.3) is 10.8 Å². The van der Waals surface area contributed by atoms with Crippen LogP contribution in [0.5, 0.6) is 0 Å². The molecule has 0 radical (unpaired) electrons. The number of nitrogens with zero attached hydrogens (tertiary/aromatic N) is 3. The fourth-order valence-electron chi connectivity index (χ4n) is 3.92. The van der Waals surface area contributed by atoms with Gasteiger partial charge in [-0.05, 0) is 25.0 Å². The zero-order valence-corrected chi connectivity index (χ0v) is 14.2. The van der Waals surface area contributed by atoms with Crippen molar-refractivity contribution in [3.05, 3.63) is 28.7 Å². The minimum absolute atomic E-state index is 0.00668. The van der Waals surface area contributed by atoms with Crippen molar-refractivity contribution >= 4 is 17.3 Å². The Balaban J connectivity index is 1.71. The Kier molecular flexibility index (Phi) is 5.50. The monoisotopic (exact) mass is 349 g/mol. The summed E-state index contributed by atoms with van der Waals surface area (Å²) in [5.74, 6) is -0.725. The van der Waals surface area contributed by atoms with E-state index in [1.54, 1.807) is 6.07 Å². The molecule has 8 heteroatoms. The Morgan fingerprint density at radius 3 is 2.40 bits per heavy atom. The van der Waals surface area contributed by atoms with Gasteiger partial charge in [-0.2, -0.15) is 0 Å². The van der Waals surface area contributed by atoms with Crippen molar-refractivity contribution in [1.29, 1.82) is 0 Å². The third kappa shape index (κ3) is 3.91. The summed E-state index contributed by atoms with van der Waals surface area (Å²) in [6.45, 7) is 3.38. The van der Waals surface area contributed by atoms with Gasteiger partial charge in [-0.3, -0.25) is 14.9 Å². The molecule has 2 fully saturated rings. The highest BCUT2D eigenvalue weighted by atomic mass is 16.6. The van der Waals surface area contributed by atoms with E-state index in [1.165, 1.54) is 49.7 Å². The van der Waals surface area contributed by atoms with Crippen molar-refractivity contribution in [2.45, 2.75) is 38.1 Å². The molecule has 2 aliphatic rings. The summed E-state index contributed by atoms with van der Waals surface area (Å²) in [7, 11) is 0. The van der Waals surface area contributed by atoms with E-state index in [4.69, 9.17) is 5.21 Å². The first-order chi connectivity index (χ1) is 12.1. The van der Waals surface area contributed by atoms with Crippen LogP contribution in [0.1, 0.15) is 42.5 Å². The van der Waals surface area contributed by atoms with Gasteiger partial charge in [-0.1, -0.05) is 19.3 Å². The maximum absolute atomic E-state index is 11.5. The van der Waals surface area contributed by atoms with Crippen LogP contribution in [0, 0.1) is 4.91 Å². The van der Waals surface area contributed by atoms with E-state index in [1.807, 2.05) is 0 Å². The molecule has 1 saturated heterocycles. The number of amides is 1. The van der Waals surface area contributed by atoms with Crippen LogP contribution in [0.3, 0.4) is 0 Å². The van der Waals surface area contributed by atoms with E-state index in [0.29, 0.717) is 11.7 Å². The Labute approximate surface area is 146 Å². The molecule has 1 amide bonds. The summed E-state index contributed by atoms with van der Waals surface area (Å²) >= 11 is 0. The van der Waals surface area contributed by atoms with E-state index in [0.717, 1.165) is 26.2 Å². The second-order valence-corrected chi connectivity index (χ2v) is 6.73. The Bertz CT molecular complexity index is 638. The highest BCUT2D eigenvalue weighted by Crippen LogP contribution is 2.31. The average Bonchev–Trinajstić information content (AvgIpc) is 2.67. The Morgan fingerprint density at radius 2 is 1.80 bits per heavy atom. The molecule has 0 aromatic heterocycles. The van der Waals surface area contributed by atoms with E-state index in [9.17, 15) is 14.9 Å². The fraction of sp³-hybridized carbons (Fsp3) is 0.588. The van der Waals surface area contributed by atoms with E-state index in [2.05, 4.69) is 9.80 Å². The van der Waals surface area contributed by atoms with Gasteiger partial charge in [0.1, 0.15) is 5.69 Å². The van der Waals surface area contributed by atoms with Gasteiger partial charge in [0.05, 0.1) is 4.91 Å². The molecule has 0 unspecified atom stereocenters. The number of hydrogen-bond donors (Lipinski definition) is 3. The highest BCUT2D eigenvalue weighted by molar-refractivity contribution is 5.95. The molecule has 3 rings (SSSR count). The molecule has 8 nitrogen and oxygen atoms in total. The summed E-state index contributed by atoms with van der Waals surface area (Å²) < 4.78 is 0. The molecule has 0 spiro atoms. The first kappa shape index (κ1) is 17.6. The van der Waals surface area contributed by atoms with Gasteiger partial charge < -0.3 is 4.90 Å². The van der Waals surface area contributed by atoms with Crippen molar-refractivity contribution in [2.75, 3.05) is 31.1 Å². The maximum atomic E-state index is 11.5. The number of rotatable bonds is 4. The Hall–Kier alpha value is -2.19. The first-order valence-corrected chi connectivity index (χ1v) is 8.84. The van der Waals surface area contributed by atoms with Gasteiger partial charge in [-0.25, -0.2) is 10.7 Å². The van der Waals surface area contributed by atoms with Crippen LogP contribution in [-0.2, 0) is 0 Å². The van der Waals surface area contributed by atoms with Gasteiger partial charge in [0.2, 0.25) is 0 Å².